The molecule has 1 amide bonds. The molecular weight excluding hydrogens is 262 g/mol. The summed E-state index contributed by atoms with van der Waals surface area (Å²) in [7, 11) is -3.29. The maximum atomic E-state index is 11.2. The van der Waals surface area contributed by atoms with Crippen molar-refractivity contribution in [3.8, 4) is 0 Å². The van der Waals surface area contributed by atoms with Crippen LogP contribution in [0.1, 0.15) is 10.9 Å². The molecule has 0 aliphatic heterocycles. The molecule has 0 spiro atoms. The summed E-state index contributed by atoms with van der Waals surface area (Å²) in [5.74, 6) is -1.04. The molecule has 0 aliphatic rings. The monoisotopic (exact) mass is 275 g/mol. The number of alkyl halides is 1. The maximum Gasteiger partial charge on any atom is 0.235 e. The highest BCUT2D eigenvalue weighted by Gasteiger charge is 2.13. The van der Waals surface area contributed by atoms with Crippen LogP contribution in [0.25, 0.3) is 0 Å². The summed E-state index contributed by atoms with van der Waals surface area (Å²) < 4.78 is 21.7. The summed E-state index contributed by atoms with van der Waals surface area (Å²) >= 11 is 6.06. The van der Waals surface area contributed by atoms with Gasteiger partial charge in [0.05, 0.1) is 5.38 Å². The van der Waals surface area contributed by atoms with Gasteiger partial charge < -0.3 is 5.32 Å². The average Bonchev–Trinajstić information content (AvgIpc) is 2.25. The van der Waals surface area contributed by atoms with Gasteiger partial charge in [0, 0.05) is 12.8 Å². The topological polar surface area (TPSA) is 63.2 Å². The lowest BCUT2D eigenvalue weighted by Gasteiger charge is -2.10. The minimum Gasteiger partial charge on any atom is -0.353 e. The van der Waals surface area contributed by atoms with Gasteiger partial charge >= 0.3 is 0 Å². The predicted octanol–water partition coefficient (Wildman–Crippen LogP) is 1.13. The van der Waals surface area contributed by atoms with E-state index < -0.39 is 21.5 Å². The number of sulfone groups is 1. The number of rotatable bonds is 5. The molecule has 1 aromatic rings. The number of halogens is 1. The van der Waals surface area contributed by atoms with E-state index in [1.165, 1.54) is 0 Å². The summed E-state index contributed by atoms with van der Waals surface area (Å²) in [4.78, 5) is 11.2. The summed E-state index contributed by atoms with van der Waals surface area (Å²) in [6.45, 7) is 0.208. The fourth-order valence-electron chi connectivity index (χ4n) is 1.27. The van der Waals surface area contributed by atoms with E-state index in [4.69, 9.17) is 11.6 Å². The molecule has 0 aromatic heterocycles. The van der Waals surface area contributed by atoms with Crippen molar-refractivity contribution in [2.75, 3.05) is 18.6 Å². The van der Waals surface area contributed by atoms with Crippen molar-refractivity contribution in [3.05, 3.63) is 35.9 Å². The fourth-order valence-corrected chi connectivity index (χ4v) is 2.07. The van der Waals surface area contributed by atoms with Gasteiger partial charge in [0.15, 0.2) is 9.84 Å². The van der Waals surface area contributed by atoms with Crippen LogP contribution in [0.4, 0.5) is 0 Å². The quantitative estimate of drug-likeness (QED) is 0.820. The molecule has 0 heterocycles. The third kappa shape index (κ3) is 5.70. The third-order valence-corrected chi connectivity index (χ3v) is 3.23. The van der Waals surface area contributed by atoms with Gasteiger partial charge in [-0.2, -0.15) is 0 Å². The van der Waals surface area contributed by atoms with Crippen LogP contribution in [0.5, 0.6) is 0 Å². The van der Waals surface area contributed by atoms with E-state index in [1.54, 1.807) is 0 Å². The molecule has 0 saturated carbocycles. The Kier molecular flexibility index (Phi) is 4.96. The summed E-state index contributed by atoms with van der Waals surface area (Å²) in [6, 6.07) is 9.27. The number of amides is 1. The zero-order chi connectivity index (χ0) is 12.9. The molecule has 0 bridgehead atoms. The number of hydrogen-bond acceptors (Lipinski definition) is 3. The normalized spacial score (nSPS) is 13.1. The Morgan fingerprint density at radius 3 is 2.47 bits per heavy atom. The van der Waals surface area contributed by atoms with Crippen LogP contribution in [0.2, 0.25) is 0 Å². The smallest absolute Gasteiger partial charge is 0.235 e. The molecule has 6 heteroatoms. The Morgan fingerprint density at radius 2 is 1.94 bits per heavy atom. The molecule has 1 N–H and O–H groups in total. The highest BCUT2D eigenvalue weighted by Crippen LogP contribution is 2.18. The van der Waals surface area contributed by atoms with Crippen LogP contribution in [0.3, 0.4) is 0 Å². The molecule has 0 radical (unpaired) electrons. The van der Waals surface area contributed by atoms with Crippen molar-refractivity contribution in [2.45, 2.75) is 5.38 Å². The average molecular weight is 276 g/mol. The first-order valence-electron chi connectivity index (χ1n) is 5.02. The van der Waals surface area contributed by atoms with Gasteiger partial charge in [0.2, 0.25) is 5.91 Å². The van der Waals surface area contributed by atoms with Gasteiger partial charge in [-0.1, -0.05) is 30.3 Å². The van der Waals surface area contributed by atoms with E-state index >= 15 is 0 Å². The van der Waals surface area contributed by atoms with E-state index in [2.05, 4.69) is 5.32 Å². The van der Waals surface area contributed by atoms with Crippen LogP contribution in [0.15, 0.2) is 30.3 Å². The molecule has 1 aromatic carbocycles. The van der Waals surface area contributed by atoms with E-state index in [1.807, 2.05) is 30.3 Å². The lowest BCUT2D eigenvalue weighted by atomic mass is 10.1. The van der Waals surface area contributed by atoms with Crippen molar-refractivity contribution in [1.82, 2.24) is 5.32 Å². The Morgan fingerprint density at radius 1 is 1.35 bits per heavy atom. The van der Waals surface area contributed by atoms with Crippen molar-refractivity contribution >= 4 is 27.3 Å². The van der Waals surface area contributed by atoms with Crippen LogP contribution < -0.4 is 5.32 Å². The minimum absolute atomic E-state index is 0.208. The second kappa shape index (κ2) is 6.02. The first-order valence-corrected chi connectivity index (χ1v) is 7.51. The van der Waals surface area contributed by atoms with Gasteiger partial charge in [0.1, 0.15) is 5.75 Å². The van der Waals surface area contributed by atoms with Gasteiger partial charge in [-0.15, -0.1) is 11.6 Å². The van der Waals surface area contributed by atoms with E-state index in [9.17, 15) is 13.2 Å². The van der Waals surface area contributed by atoms with E-state index in [0.717, 1.165) is 11.8 Å². The van der Waals surface area contributed by atoms with Crippen molar-refractivity contribution in [2.24, 2.45) is 0 Å². The predicted molar refractivity (Wildman–Crippen MR) is 67.8 cm³/mol. The molecule has 0 aliphatic carbocycles. The molecule has 4 nitrogen and oxygen atoms in total. The second-order valence-electron chi connectivity index (χ2n) is 3.75. The van der Waals surface area contributed by atoms with E-state index in [-0.39, 0.29) is 11.9 Å². The highest BCUT2D eigenvalue weighted by molar-refractivity contribution is 7.91. The third-order valence-electron chi connectivity index (χ3n) is 2.03. The minimum atomic E-state index is -3.29. The Labute approximate surface area is 106 Å². The SMILES string of the molecule is CS(=O)(=O)CC(=O)NCC(Cl)c1ccccc1. The lowest BCUT2D eigenvalue weighted by Crippen LogP contribution is -2.32. The van der Waals surface area contributed by atoms with Crippen molar-refractivity contribution < 1.29 is 13.2 Å². The largest absolute Gasteiger partial charge is 0.353 e. The zero-order valence-corrected chi connectivity index (χ0v) is 11.0. The maximum absolute atomic E-state index is 11.2. The first kappa shape index (κ1) is 14.0. The van der Waals surface area contributed by atoms with Crippen LogP contribution in [-0.2, 0) is 14.6 Å². The second-order valence-corrected chi connectivity index (χ2v) is 6.42. The van der Waals surface area contributed by atoms with Crippen molar-refractivity contribution in [1.29, 1.82) is 0 Å². The Bertz CT molecular complexity index is 473. The number of carbonyl (C=O) groups is 1. The lowest BCUT2D eigenvalue weighted by molar-refractivity contribution is -0.118. The molecule has 0 saturated heterocycles. The van der Waals surface area contributed by atoms with E-state index in [0.29, 0.717) is 0 Å². The number of carbonyl (C=O) groups excluding carboxylic acids is 1. The number of hydrogen-bond donors (Lipinski definition) is 1. The van der Waals surface area contributed by atoms with Gasteiger partial charge in [-0.3, -0.25) is 4.79 Å². The Balaban J connectivity index is 2.44. The summed E-state index contributed by atoms with van der Waals surface area (Å²) in [5, 5.41) is 2.13. The molecule has 1 atom stereocenters. The first-order chi connectivity index (χ1) is 7.88. The molecule has 1 rings (SSSR count). The standard InChI is InChI=1S/C11H14ClNO3S/c1-17(15,16)8-11(14)13-7-10(12)9-5-3-2-4-6-9/h2-6,10H,7-8H2,1H3,(H,13,14). The highest BCUT2D eigenvalue weighted by atomic mass is 35.5. The van der Waals surface area contributed by atoms with Crippen LogP contribution >= 0.6 is 11.6 Å². The van der Waals surface area contributed by atoms with Crippen molar-refractivity contribution in [3.63, 3.8) is 0 Å². The Hall–Kier alpha value is -1.07. The molecular formula is C11H14ClNO3S. The van der Waals surface area contributed by atoms with Gasteiger partial charge in [-0.25, -0.2) is 8.42 Å². The summed E-state index contributed by atoms with van der Waals surface area (Å²) in [6.07, 6.45) is 1.02. The van der Waals surface area contributed by atoms with Gasteiger partial charge in [0.25, 0.3) is 0 Å². The van der Waals surface area contributed by atoms with Crippen LogP contribution in [-0.4, -0.2) is 32.9 Å². The summed E-state index contributed by atoms with van der Waals surface area (Å²) in [5.41, 5.74) is 0.883. The fraction of sp³-hybridized carbons (Fsp3) is 0.364. The van der Waals surface area contributed by atoms with Crippen LogP contribution in [0, 0.1) is 0 Å². The molecule has 17 heavy (non-hydrogen) atoms. The molecule has 94 valence electrons. The van der Waals surface area contributed by atoms with Gasteiger partial charge in [-0.05, 0) is 5.56 Å². The number of nitrogens with one attached hydrogen (secondary N) is 1. The molecule has 1 unspecified atom stereocenters. The zero-order valence-electron chi connectivity index (χ0n) is 9.39. The molecule has 0 fully saturated rings. The number of benzene rings is 1.